The maximum atomic E-state index is 11.9. The van der Waals surface area contributed by atoms with Crippen LogP contribution in [0.4, 0.5) is 0 Å². The number of nitrogens with one attached hydrogen (secondary N) is 1. The van der Waals surface area contributed by atoms with Crippen LogP contribution in [0.2, 0.25) is 0 Å². The SMILES string of the molecule is Cn1cc(C(=O)NC2CCC(C(=O)O)CC2)cn1. The lowest BCUT2D eigenvalue weighted by atomic mass is 9.86. The molecule has 1 aliphatic carbocycles. The second-order valence-electron chi connectivity index (χ2n) is 4.76. The average molecular weight is 251 g/mol. The lowest BCUT2D eigenvalue weighted by Crippen LogP contribution is -2.38. The van der Waals surface area contributed by atoms with E-state index in [-0.39, 0.29) is 17.9 Å². The normalized spacial score (nSPS) is 23.6. The molecule has 1 aromatic heterocycles. The number of aromatic nitrogens is 2. The van der Waals surface area contributed by atoms with E-state index in [1.54, 1.807) is 17.9 Å². The van der Waals surface area contributed by atoms with Crippen molar-refractivity contribution in [2.45, 2.75) is 31.7 Å². The van der Waals surface area contributed by atoms with Crippen molar-refractivity contribution in [3.05, 3.63) is 18.0 Å². The predicted molar refractivity (Wildman–Crippen MR) is 64.1 cm³/mol. The third-order valence-corrected chi connectivity index (χ3v) is 3.38. The van der Waals surface area contributed by atoms with Gasteiger partial charge in [0.05, 0.1) is 17.7 Å². The van der Waals surface area contributed by atoms with Crippen LogP contribution in [-0.4, -0.2) is 32.8 Å². The largest absolute Gasteiger partial charge is 0.481 e. The third kappa shape index (κ3) is 2.88. The van der Waals surface area contributed by atoms with Gasteiger partial charge in [0.2, 0.25) is 0 Å². The van der Waals surface area contributed by atoms with E-state index >= 15 is 0 Å². The second kappa shape index (κ2) is 5.20. The van der Waals surface area contributed by atoms with Crippen molar-refractivity contribution in [1.29, 1.82) is 0 Å². The lowest BCUT2D eigenvalue weighted by Gasteiger charge is -2.26. The zero-order chi connectivity index (χ0) is 13.1. The summed E-state index contributed by atoms with van der Waals surface area (Å²) in [4.78, 5) is 22.7. The molecule has 0 radical (unpaired) electrons. The topological polar surface area (TPSA) is 84.2 Å². The Bertz CT molecular complexity index is 447. The summed E-state index contributed by atoms with van der Waals surface area (Å²) in [5.41, 5.74) is 0.540. The van der Waals surface area contributed by atoms with Crippen molar-refractivity contribution >= 4 is 11.9 Å². The number of rotatable bonds is 3. The van der Waals surface area contributed by atoms with Crippen LogP contribution < -0.4 is 5.32 Å². The van der Waals surface area contributed by atoms with Crippen LogP contribution in [0.3, 0.4) is 0 Å². The van der Waals surface area contributed by atoms with Gasteiger partial charge >= 0.3 is 5.97 Å². The van der Waals surface area contributed by atoms with E-state index in [9.17, 15) is 9.59 Å². The van der Waals surface area contributed by atoms with Crippen LogP contribution in [0.25, 0.3) is 0 Å². The number of aryl methyl sites for hydroxylation is 1. The number of carbonyl (C=O) groups excluding carboxylic acids is 1. The average Bonchev–Trinajstić information content (AvgIpc) is 2.76. The Balaban J connectivity index is 1.85. The summed E-state index contributed by atoms with van der Waals surface area (Å²) in [5, 5.41) is 15.8. The van der Waals surface area contributed by atoms with Gasteiger partial charge < -0.3 is 10.4 Å². The van der Waals surface area contributed by atoms with E-state index in [2.05, 4.69) is 10.4 Å². The number of aliphatic carboxylic acids is 1. The number of amides is 1. The summed E-state index contributed by atoms with van der Waals surface area (Å²) in [5.74, 6) is -1.12. The number of hydrogen-bond acceptors (Lipinski definition) is 3. The number of nitrogens with zero attached hydrogens (tertiary/aromatic N) is 2. The number of carbonyl (C=O) groups is 2. The quantitative estimate of drug-likeness (QED) is 0.832. The molecule has 6 heteroatoms. The van der Waals surface area contributed by atoms with Gasteiger partial charge in [0.1, 0.15) is 0 Å². The zero-order valence-electron chi connectivity index (χ0n) is 10.3. The Kier molecular flexibility index (Phi) is 3.64. The molecule has 1 aliphatic rings. The molecular formula is C12H17N3O3. The van der Waals surface area contributed by atoms with Crippen LogP contribution in [0.1, 0.15) is 36.0 Å². The first-order chi connectivity index (χ1) is 8.56. The van der Waals surface area contributed by atoms with Gasteiger partial charge in [-0.2, -0.15) is 5.10 Å². The maximum absolute atomic E-state index is 11.9. The Morgan fingerprint density at radius 2 is 2.06 bits per heavy atom. The van der Waals surface area contributed by atoms with Crippen LogP contribution in [0, 0.1) is 5.92 Å². The monoisotopic (exact) mass is 251 g/mol. The lowest BCUT2D eigenvalue weighted by molar-refractivity contribution is -0.142. The highest BCUT2D eigenvalue weighted by atomic mass is 16.4. The summed E-state index contributed by atoms with van der Waals surface area (Å²) < 4.78 is 1.58. The molecule has 2 rings (SSSR count). The van der Waals surface area contributed by atoms with Gasteiger partial charge in [-0.05, 0) is 25.7 Å². The molecule has 0 aliphatic heterocycles. The molecule has 0 saturated heterocycles. The summed E-state index contributed by atoms with van der Waals surface area (Å²) >= 11 is 0. The molecule has 0 aromatic carbocycles. The molecule has 0 bridgehead atoms. The molecule has 0 spiro atoms. The van der Waals surface area contributed by atoms with Crippen molar-refractivity contribution in [2.24, 2.45) is 13.0 Å². The van der Waals surface area contributed by atoms with Crippen molar-refractivity contribution in [2.75, 3.05) is 0 Å². The first-order valence-corrected chi connectivity index (χ1v) is 6.08. The van der Waals surface area contributed by atoms with Crippen molar-refractivity contribution in [1.82, 2.24) is 15.1 Å². The fourth-order valence-electron chi connectivity index (χ4n) is 2.29. The Morgan fingerprint density at radius 3 is 2.56 bits per heavy atom. The minimum absolute atomic E-state index is 0.0771. The van der Waals surface area contributed by atoms with Gasteiger partial charge in [0.15, 0.2) is 0 Å². The van der Waals surface area contributed by atoms with Crippen LogP contribution in [-0.2, 0) is 11.8 Å². The number of carboxylic acids is 1. The van der Waals surface area contributed by atoms with Gasteiger partial charge in [-0.15, -0.1) is 0 Å². The maximum Gasteiger partial charge on any atom is 0.306 e. The third-order valence-electron chi connectivity index (χ3n) is 3.38. The molecule has 2 N–H and O–H groups in total. The molecule has 1 heterocycles. The van der Waals surface area contributed by atoms with E-state index < -0.39 is 5.97 Å². The molecular weight excluding hydrogens is 234 g/mol. The number of carboxylic acid groups (broad SMARTS) is 1. The minimum Gasteiger partial charge on any atom is -0.481 e. The number of hydrogen-bond donors (Lipinski definition) is 2. The van der Waals surface area contributed by atoms with Gasteiger partial charge in [-0.25, -0.2) is 0 Å². The minimum atomic E-state index is -0.730. The molecule has 1 fully saturated rings. The van der Waals surface area contributed by atoms with Crippen LogP contribution in [0.15, 0.2) is 12.4 Å². The fourth-order valence-corrected chi connectivity index (χ4v) is 2.29. The Labute approximate surface area is 105 Å². The molecule has 1 aromatic rings. The van der Waals surface area contributed by atoms with Crippen molar-refractivity contribution in [3.63, 3.8) is 0 Å². The van der Waals surface area contributed by atoms with Gasteiger partial charge in [-0.3, -0.25) is 14.3 Å². The predicted octanol–water partition coefficient (Wildman–Crippen LogP) is 0.793. The van der Waals surface area contributed by atoms with Crippen molar-refractivity contribution in [3.8, 4) is 0 Å². The highest BCUT2D eigenvalue weighted by molar-refractivity contribution is 5.93. The first-order valence-electron chi connectivity index (χ1n) is 6.08. The second-order valence-corrected chi connectivity index (χ2v) is 4.76. The highest BCUT2D eigenvalue weighted by Gasteiger charge is 2.26. The molecule has 18 heavy (non-hydrogen) atoms. The van der Waals surface area contributed by atoms with E-state index in [0.717, 1.165) is 12.8 Å². The summed E-state index contributed by atoms with van der Waals surface area (Å²) in [6, 6.07) is 0.0771. The molecule has 1 amide bonds. The first kappa shape index (κ1) is 12.6. The molecule has 0 atom stereocenters. The highest BCUT2D eigenvalue weighted by Crippen LogP contribution is 2.24. The van der Waals surface area contributed by atoms with Crippen molar-refractivity contribution < 1.29 is 14.7 Å². The van der Waals surface area contributed by atoms with Crippen LogP contribution >= 0.6 is 0 Å². The summed E-state index contributed by atoms with van der Waals surface area (Å²) in [7, 11) is 1.76. The summed E-state index contributed by atoms with van der Waals surface area (Å²) in [6.45, 7) is 0. The molecule has 1 saturated carbocycles. The van der Waals surface area contributed by atoms with E-state index in [1.165, 1.54) is 6.20 Å². The van der Waals surface area contributed by atoms with E-state index in [4.69, 9.17) is 5.11 Å². The standard InChI is InChI=1S/C12H17N3O3/c1-15-7-9(6-13-15)11(16)14-10-4-2-8(3-5-10)12(17)18/h6-8,10H,2-5H2,1H3,(H,14,16)(H,17,18). The van der Waals surface area contributed by atoms with Gasteiger partial charge in [0, 0.05) is 19.3 Å². The summed E-state index contributed by atoms with van der Waals surface area (Å²) in [6.07, 6.45) is 5.91. The van der Waals surface area contributed by atoms with Gasteiger partial charge in [-0.1, -0.05) is 0 Å². The van der Waals surface area contributed by atoms with E-state index in [1.807, 2.05) is 0 Å². The fraction of sp³-hybridized carbons (Fsp3) is 0.583. The van der Waals surface area contributed by atoms with Crippen LogP contribution in [0.5, 0.6) is 0 Å². The molecule has 0 unspecified atom stereocenters. The van der Waals surface area contributed by atoms with E-state index in [0.29, 0.717) is 18.4 Å². The Morgan fingerprint density at radius 1 is 1.39 bits per heavy atom. The zero-order valence-corrected chi connectivity index (χ0v) is 10.3. The Hall–Kier alpha value is -1.85. The molecule has 98 valence electrons. The van der Waals surface area contributed by atoms with Gasteiger partial charge in [0.25, 0.3) is 5.91 Å². The smallest absolute Gasteiger partial charge is 0.306 e. The molecule has 6 nitrogen and oxygen atoms in total.